The Morgan fingerprint density at radius 3 is 2.64 bits per heavy atom. The lowest BCUT2D eigenvalue weighted by atomic mass is 9.86. The van der Waals surface area contributed by atoms with Crippen molar-refractivity contribution in [2.75, 3.05) is 0 Å². The van der Waals surface area contributed by atoms with Crippen LogP contribution in [0.2, 0.25) is 0 Å². The van der Waals surface area contributed by atoms with E-state index in [1.54, 1.807) is 11.1 Å². The Bertz CT molecular complexity index is 323. The summed E-state index contributed by atoms with van der Waals surface area (Å²) in [5.41, 5.74) is 4.68. The topological polar surface area (TPSA) is 0 Å². The van der Waals surface area contributed by atoms with Crippen molar-refractivity contribution in [3.63, 3.8) is 0 Å². The average molecular weight is 186 g/mol. The summed E-state index contributed by atoms with van der Waals surface area (Å²) in [4.78, 5) is 0. The van der Waals surface area contributed by atoms with Crippen LogP contribution in [-0.2, 0) is 19.3 Å². The second-order valence-electron chi connectivity index (χ2n) is 4.14. The zero-order valence-corrected chi connectivity index (χ0v) is 8.76. The van der Waals surface area contributed by atoms with Crippen LogP contribution in [0, 0.1) is 0 Å². The third-order valence-corrected chi connectivity index (χ3v) is 3.06. The highest BCUT2D eigenvalue weighted by atomic mass is 14.2. The SMILES string of the molecule is C=CCCCCc1ccc2c(c1)CC2. The van der Waals surface area contributed by atoms with Crippen molar-refractivity contribution in [3.8, 4) is 0 Å². The maximum absolute atomic E-state index is 3.74. The van der Waals surface area contributed by atoms with Gasteiger partial charge in [0, 0.05) is 0 Å². The van der Waals surface area contributed by atoms with Gasteiger partial charge in [-0.3, -0.25) is 0 Å². The Morgan fingerprint density at radius 2 is 2.00 bits per heavy atom. The fourth-order valence-electron chi connectivity index (χ4n) is 2.02. The van der Waals surface area contributed by atoms with Gasteiger partial charge in [0.05, 0.1) is 0 Å². The smallest absolute Gasteiger partial charge is 0.0235 e. The zero-order valence-electron chi connectivity index (χ0n) is 8.76. The van der Waals surface area contributed by atoms with E-state index in [-0.39, 0.29) is 0 Å². The second kappa shape index (κ2) is 4.45. The van der Waals surface area contributed by atoms with Gasteiger partial charge in [-0.05, 0) is 55.2 Å². The van der Waals surface area contributed by atoms with E-state index in [9.17, 15) is 0 Å². The number of unbranched alkanes of at least 4 members (excludes halogenated alkanes) is 2. The second-order valence-corrected chi connectivity index (χ2v) is 4.14. The monoisotopic (exact) mass is 186 g/mol. The molecular weight excluding hydrogens is 168 g/mol. The molecule has 1 aliphatic rings. The van der Waals surface area contributed by atoms with E-state index in [4.69, 9.17) is 0 Å². The van der Waals surface area contributed by atoms with Gasteiger partial charge in [0.1, 0.15) is 0 Å². The van der Waals surface area contributed by atoms with Crippen LogP contribution in [0.15, 0.2) is 30.9 Å². The largest absolute Gasteiger partial charge is 0.103 e. The number of fused-ring (bicyclic) bond motifs is 1. The minimum atomic E-state index is 1.16. The molecular formula is C14H18. The minimum absolute atomic E-state index is 1.16. The number of aryl methyl sites for hydroxylation is 3. The molecule has 0 radical (unpaired) electrons. The first-order valence-electron chi connectivity index (χ1n) is 5.62. The van der Waals surface area contributed by atoms with Crippen LogP contribution in [0.5, 0.6) is 0 Å². The van der Waals surface area contributed by atoms with Crippen LogP contribution in [0.25, 0.3) is 0 Å². The van der Waals surface area contributed by atoms with E-state index < -0.39 is 0 Å². The first kappa shape index (κ1) is 9.51. The molecule has 2 rings (SSSR count). The molecule has 0 saturated heterocycles. The molecule has 1 aromatic rings. The molecule has 0 nitrogen and oxygen atoms in total. The molecule has 0 unspecified atom stereocenters. The third kappa shape index (κ3) is 2.06. The molecule has 0 atom stereocenters. The quantitative estimate of drug-likeness (QED) is 0.486. The standard InChI is InChI=1S/C14H18/c1-2-3-4-5-6-12-7-8-13-9-10-14(13)11-12/h2,7-8,11H,1,3-6,9-10H2. The predicted octanol–water partition coefficient (Wildman–Crippen LogP) is 3.68. The fraction of sp³-hybridized carbons (Fsp3) is 0.429. The lowest BCUT2D eigenvalue weighted by molar-refractivity contribution is 0.743. The molecule has 0 N–H and O–H groups in total. The first-order chi connectivity index (χ1) is 6.90. The summed E-state index contributed by atoms with van der Waals surface area (Å²) in [5.74, 6) is 0. The van der Waals surface area contributed by atoms with Gasteiger partial charge in [0.15, 0.2) is 0 Å². The van der Waals surface area contributed by atoms with Crippen molar-refractivity contribution >= 4 is 0 Å². The van der Waals surface area contributed by atoms with Crippen LogP contribution in [0.3, 0.4) is 0 Å². The molecule has 0 spiro atoms. The highest BCUT2D eigenvalue weighted by Crippen LogP contribution is 2.24. The Balaban J connectivity index is 1.84. The van der Waals surface area contributed by atoms with Crippen LogP contribution in [0.4, 0.5) is 0 Å². The number of hydrogen-bond donors (Lipinski definition) is 0. The van der Waals surface area contributed by atoms with Crippen molar-refractivity contribution in [3.05, 3.63) is 47.5 Å². The molecule has 14 heavy (non-hydrogen) atoms. The molecule has 0 heterocycles. The highest BCUT2D eigenvalue weighted by molar-refractivity contribution is 5.38. The fourth-order valence-corrected chi connectivity index (χ4v) is 2.02. The van der Waals surface area contributed by atoms with Crippen molar-refractivity contribution in [2.24, 2.45) is 0 Å². The van der Waals surface area contributed by atoms with E-state index in [0.717, 1.165) is 6.42 Å². The van der Waals surface area contributed by atoms with Gasteiger partial charge in [0.25, 0.3) is 0 Å². The van der Waals surface area contributed by atoms with Crippen molar-refractivity contribution < 1.29 is 0 Å². The Labute approximate surface area is 86.7 Å². The maximum atomic E-state index is 3.74. The molecule has 0 aromatic heterocycles. The normalized spacial score (nSPS) is 13.1. The summed E-state index contributed by atoms with van der Waals surface area (Å²) < 4.78 is 0. The van der Waals surface area contributed by atoms with Crippen LogP contribution >= 0.6 is 0 Å². The Kier molecular flexibility index (Phi) is 3.03. The average Bonchev–Trinajstić information content (AvgIpc) is 2.16. The summed E-state index contributed by atoms with van der Waals surface area (Å²) in [6, 6.07) is 7.00. The van der Waals surface area contributed by atoms with Crippen LogP contribution in [-0.4, -0.2) is 0 Å². The van der Waals surface area contributed by atoms with E-state index in [1.807, 2.05) is 6.08 Å². The van der Waals surface area contributed by atoms with Gasteiger partial charge in [-0.2, -0.15) is 0 Å². The molecule has 0 fully saturated rings. The lowest BCUT2D eigenvalue weighted by Crippen LogP contribution is -2.08. The van der Waals surface area contributed by atoms with Crippen LogP contribution < -0.4 is 0 Å². The van der Waals surface area contributed by atoms with Gasteiger partial charge in [0.2, 0.25) is 0 Å². The van der Waals surface area contributed by atoms with E-state index in [0.29, 0.717) is 0 Å². The summed E-state index contributed by atoms with van der Waals surface area (Å²) in [6.45, 7) is 3.74. The lowest BCUT2D eigenvalue weighted by Gasteiger charge is -2.19. The number of allylic oxidation sites excluding steroid dienone is 1. The van der Waals surface area contributed by atoms with Crippen molar-refractivity contribution in [1.29, 1.82) is 0 Å². The highest BCUT2D eigenvalue weighted by Gasteiger charge is 2.12. The van der Waals surface area contributed by atoms with E-state index in [2.05, 4.69) is 24.8 Å². The van der Waals surface area contributed by atoms with Gasteiger partial charge >= 0.3 is 0 Å². The molecule has 0 heteroatoms. The minimum Gasteiger partial charge on any atom is -0.103 e. The predicted molar refractivity (Wildman–Crippen MR) is 61.6 cm³/mol. The van der Waals surface area contributed by atoms with Crippen molar-refractivity contribution in [1.82, 2.24) is 0 Å². The summed E-state index contributed by atoms with van der Waals surface area (Å²) in [5, 5.41) is 0. The molecule has 0 aliphatic heterocycles. The molecule has 1 aromatic carbocycles. The van der Waals surface area contributed by atoms with Gasteiger partial charge in [-0.15, -0.1) is 6.58 Å². The molecule has 74 valence electrons. The summed E-state index contributed by atoms with van der Waals surface area (Å²) in [7, 11) is 0. The van der Waals surface area contributed by atoms with E-state index >= 15 is 0 Å². The molecule has 0 amide bonds. The zero-order chi connectivity index (χ0) is 9.80. The maximum Gasteiger partial charge on any atom is -0.0235 e. The summed E-state index contributed by atoms with van der Waals surface area (Å²) in [6.07, 6.45) is 9.58. The number of benzene rings is 1. The Hall–Kier alpha value is -1.04. The molecule has 0 bridgehead atoms. The van der Waals surface area contributed by atoms with Crippen LogP contribution in [0.1, 0.15) is 36.0 Å². The number of rotatable bonds is 5. The molecule has 1 aliphatic carbocycles. The van der Waals surface area contributed by atoms with Gasteiger partial charge < -0.3 is 0 Å². The number of hydrogen-bond acceptors (Lipinski definition) is 0. The first-order valence-corrected chi connectivity index (χ1v) is 5.62. The molecule has 0 saturated carbocycles. The third-order valence-electron chi connectivity index (χ3n) is 3.06. The summed E-state index contributed by atoms with van der Waals surface area (Å²) >= 11 is 0. The van der Waals surface area contributed by atoms with E-state index in [1.165, 1.54) is 37.7 Å². The van der Waals surface area contributed by atoms with Gasteiger partial charge in [-0.1, -0.05) is 24.3 Å². The van der Waals surface area contributed by atoms with Crippen molar-refractivity contribution in [2.45, 2.75) is 38.5 Å². The van der Waals surface area contributed by atoms with Gasteiger partial charge in [-0.25, -0.2) is 0 Å². The Morgan fingerprint density at radius 1 is 1.14 bits per heavy atom.